The molecule has 0 unspecified atom stereocenters. The number of nitrogens with zero attached hydrogens (tertiary/aromatic N) is 1. The molecule has 0 aliphatic rings. The first-order valence-corrected chi connectivity index (χ1v) is 7.53. The highest BCUT2D eigenvalue weighted by molar-refractivity contribution is 8.00. The minimum absolute atomic E-state index is 0.0228. The smallest absolute Gasteiger partial charge is 0.234 e. The second-order valence-corrected chi connectivity index (χ2v) is 6.06. The third-order valence-corrected chi connectivity index (χ3v) is 4.76. The van der Waals surface area contributed by atoms with Crippen molar-refractivity contribution >= 4 is 34.7 Å². The first-order valence-electron chi connectivity index (χ1n) is 5.60. The lowest BCUT2D eigenvalue weighted by molar-refractivity contribution is -0.113. The predicted molar refractivity (Wildman–Crippen MR) is 78.1 cm³/mol. The van der Waals surface area contributed by atoms with Crippen molar-refractivity contribution in [3.63, 3.8) is 0 Å². The maximum atomic E-state index is 11.7. The molecule has 2 heterocycles. The zero-order chi connectivity index (χ0) is 12.8. The molecular formula is C13H14N2OS2. The van der Waals surface area contributed by atoms with Crippen molar-refractivity contribution in [2.75, 3.05) is 11.1 Å². The number of pyridine rings is 1. The summed E-state index contributed by atoms with van der Waals surface area (Å²) in [5, 5.41) is 5.26. The fourth-order valence-corrected chi connectivity index (χ4v) is 3.19. The number of nitrogens with one attached hydrogen (secondary N) is 1. The van der Waals surface area contributed by atoms with Gasteiger partial charge >= 0.3 is 0 Å². The van der Waals surface area contributed by atoms with Crippen LogP contribution in [0, 0.1) is 0 Å². The molecular weight excluding hydrogens is 264 g/mol. The Balaban J connectivity index is 1.79. The number of thiophene rings is 1. The number of hydrogen-bond donors (Lipinski definition) is 1. The van der Waals surface area contributed by atoms with Crippen LogP contribution in [0.1, 0.15) is 17.1 Å². The highest BCUT2D eigenvalue weighted by atomic mass is 32.2. The Kier molecular flexibility index (Phi) is 4.78. The van der Waals surface area contributed by atoms with Crippen LogP contribution in [0.5, 0.6) is 0 Å². The Morgan fingerprint density at radius 3 is 2.89 bits per heavy atom. The van der Waals surface area contributed by atoms with Gasteiger partial charge in [-0.05, 0) is 30.5 Å². The van der Waals surface area contributed by atoms with Crippen molar-refractivity contribution in [3.8, 4) is 0 Å². The molecule has 1 N–H and O–H groups in total. The van der Waals surface area contributed by atoms with E-state index in [1.54, 1.807) is 47.6 Å². The molecule has 2 aromatic rings. The third kappa shape index (κ3) is 3.85. The van der Waals surface area contributed by atoms with Gasteiger partial charge in [-0.3, -0.25) is 9.78 Å². The number of carbonyl (C=O) groups excluding carboxylic acids is 1. The van der Waals surface area contributed by atoms with Crippen molar-refractivity contribution in [2.24, 2.45) is 0 Å². The largest absolute Gasteiger partial charge is 0.325 e. The monoisotopic (exact) mass is 278 g/mol. The average molecular weight is 278 g/mol. The fraction of sp³-hybridized carbons (Fsp3) is 0.231. The number of carbonyl (C=O) groups is 1. The molecule has 0 spiro atoms. The average Bonchev–Trinajstić information content (AvgIpc) is 2.91. The molecule has 3 nitrogen and oxygen atoms in total. The molecule has 0 saturated carbocycles. The molecule has 0 aliphatic heterocycles. The summed E-state index contributed by atoms with van der Waals surface area (Å²) in [6.45, 7) is 2.12. The molecule has 94 valence electrons. The Hall–Kier alpha value is -1.33. The Morgan fingerprint density at radius 1 is 1.44 bits per heavy atom. The summed E-state index contributed by atoms with van der Waals surface area (Å²) in [7, 11) is 0. The standard InChI is InChI=1S/C13H14N2OS2/c1-10(12-3-2-8-17-12)18-9-13(16)15-11-4-6-14-7-5-11/h2-8,10H,9H2,1H3,(H,14,15,16)/t10-/m0/s1. The lowest BCUT2D eigenvalue weighted by Gasteiger charge is -2.09. The molecule has 0 aromatic carbocycles. The Bertz CT molecular complexity index is 485. The van der Waals surface area contributed by atoms with Gasteiger partial charge in [0.1, 0.15) is 0 Å². The second kappa shape index (κ2) is 6.56. The van der Waals surface area contributed by atoms with Crippen LogP contribution in [0.15, 0.2) is 42.0 Å². The summed E-state index contributed by atoms with van der Waals surface area (Å²) in [6, 6.07) is 7.70. The molecule has 0 bridgehead atoms. The summed E-state index contributed by atoms with van der Waals surface area (Å²) in [4.78, 5) is 16.9. The van der Waals surface area contributed by atoms with Crippen LogP contribution < -0.4 is 5.32 Å². The van der Waals surface area contributed by atoms with Gasteiger partial charge in [0, 0.05) is 28.2 Å². The van der Waals surface area contributed by atoms with E-state index in [0.29, 0.717) is 11.0 Å². The second-order valence-electron chi connectivity index (χ2n) is 3.75. The zero-order valence-electron chi connectivity index (χ0n) is 10.00. The van der Waals surface area contributed by atoms with Gasteiger partial charge < -0.3 is 5.32 Å². The summed E-state index contributed by atoms with van der Waals surface area (Å²) in [5.74, 6) is 0.482. The van der Waals surface area contributed by atoms with E-state index >= 15 is 0 Å². The molecule has 5 heteroatoms. The number of hydrogen-bond acceptors (Lipinski definition) is 4. The lowest BCUT2D eigenvalue weighted by Crippen LogP contribution is -2.14. The first-order chi connectivity index (χ1) is 8.75. The van der Waals surface area contributed by atoms with E-state index in [2.05, 4.69) is 28.7 Å². The SMILES string of the molecule is C[C@H](SCC(=O)Nc1ccncc1)c1cccs1. The van der Waals surface area contributed by atoms with E-state index in [1.165, 1.54) is 4.88 Å². The lowest BCUT2D eigenvalue weighted by atomic mass is 10.4. The first kappa shape index (κ1) is 13.1. The number of thioether (sulfide) groups is 1. The van der Waals surface area contributed by atoms with Crippen molar-refractivity contribution in [2.45, 2.75) is 12.2 Å². The van der Waals surface area contributed by atoms with Crippen molar-refractivity contribution in [3.05, 3.63) is 46.9 Å². The van der Waals surface area contributed by atoms with Crippen LogP contribution in [0.3, 0.4) is 0 Å². The molecule has 2 rings (SSSR count). The van der Waals surface area contributed by atoms with Gasteiger partial charge in [-0.15, -0.1) is 23.1 Å². The van der Waals surface area contributed by atoms with Crippen LogP contribution >= 0.6 is 23.1 Å². The van der Waals surface area contributed by atoms with Gasteiger partial charge in [0.2, 0.25) is 5.91 Å². The van der Waals surface area contributed by atoms with Crippen LogP contribution in [0.4, 0.5) is 5.69 Å². The van der Waals surface area contributed by atoms with E-state index in [4.69, 9.17) is 0 Å². The van der Waals surface area contributed by atoms with Crippen molar-refractivity contribution in [1.29, 1.82) is 0 Å². The number of aromatic nitrogens is 1. The van der Waals surface area contributed by atoms with Crippen LogP contribution in [0.2, 0.25) is 0 Å². The quantitative estimate of drug-likeness (QED) is 0.909. The number of anilines is 1. The molecule has 0 radical (unpaired) electrons. The maximum absolute atomic E-state index is 11.7. The fourth-order valence-electron chi connectivity index (χ4n) is 1.44. The summed E-state index contributed by atoms with van der Waals surface area (Å²) in [5.41, 5.74) is 0.791. The van der Waals surface area contributed by atoms with Gasteiger partial charge in [-0.1, -0.05) is 6.07 Å². The van der Waals surface area contributed by atoms with E-state index < -0.39 is 0 Å². The van der Waals surface area contributed by atoms with Crippen LogP contribution in [-0.2, 0) is 4.79 Å². The van der Waals surface area contributed by atoms with Gasteiger partial charge in [0.05, 0.1) is 5.75 Å². The molecule has 2 aromatic heterocycles. The zero-order valence-corrected chi connectivity index (χ0v) is 11.6. The van der Waals surface area contributed by atoms with Gasteiger partial charge in [0.25, 0.3) is 0 Å². The van der Waals surface area contributed by atoms with E-state index in [1.807, 2.05) is 6.07 Å². The summed E-state index contributed by atoms with van der Waals surface area (Å²) < 4.78 is 0. The highest BCUT2D eigenvalue weighted by Crippen LogP contribution is 2.31. The summed E-state index contributed by atoms with van der Waals surface area (Å²) >= 11 is 3.37. The molecule has 1 amide bonds. The predicted octanol–water partition coefficient (Wildman–Crippen LogP) is 3.58. The molecule has 0 aliphatic carbocycles. The van der Waals surface area contributed by atoms with E-state index in [-0.39, 0.29) is 5.91 Å². The van der Waals surface area contributed by atoms with Gasteiger partial charge in [-0.2, -0.15) is 0 Å². The van der Waals surface area contributed by atoms with Gasteiger partial charge in [-0.25, -0.2) is 0 Å². The third-order valence-electron chi connectivity index (χ3n) is 2.37. The minimum atomic E-state index is 0.0228. The molecule has 0 saturated heterocycles. The maximum Gasteiger partial charge on any atom is 0.234 e. The highest BCUT2D eigenvalue weighted by Gasteiger charge is 2.10. The van der Waals surface area contributed by atoms with Crippen LogP contribution in [-0.4, -0.2) is 16.6 Å². The number of amides is 1. The summed E-state index contributed by atoms with van der Waals surface area (Å²) in [6.07, 6.45) is 3.33. The Labute approximate surface area is 115 Å². The topological polar surface area (TPSA) is 42.0 Å². The van der Waals surface area contributed by atoms with E-state index in [9.17, 15) is 4.79 Å². The number of rotatable bonds is 5. The van der Waals surface area contributed by atoms with Crippen molar-refractivity contribution < 1.29 is 4.79 Å². The Morgan fingerprint density at radius 2 is 2.22 bits per heavy atom. The minimum Gasteiger partial charge on any atom is -0.325 e. The molecule has 0 fully saturated rings. The van der Waals surface area contributed by atoms with Gasteiger partial charge in [0.15, 0.2) is 0 Å². The van der Waals surface area contributed by atoms with Crippen LogP contribution in [0.25, 0.3) is 0 Å². The molecule has 1 atom stereocenters. The normalized spacial score (nSPS) is 12.1. The van der Waals surface area contributed by atoms with Crippen molar-refractivity contribution in [1.82, 2.24) is 4.98 Å². The molecule has 18 heavy (non-hydrogen) atoms. The van der Waals surface area contributed by atoms with E-state index in [0.717, 1.165) is 5.69 Å².